The van der Waals surface area contributed by atoms with Crippen LogP contribution < -0.4 is 10.6 Å². The first-order chi connectivity index (χ1) is 12.1. The van der Waals surface area contributed by atoms with Crippen LogP contribution in [-0.2, 0) is 16.1 Å². The molecule has 2 N–H and O–H groups in total. The molecule has 1 saturated carbocycles. The number of carbonyl (C=O) groups is 3. The highest BCUT2D eigenvalue weighted by Gasteiger charge is 2.52. The number of aromatic nitrogens is 2. The number of hydrogen-bond donors (Lipinski definition) is 2. The average molecular weight is 341 g/mol. The van der Waals surface area contributed by atoms with E-state index in [2.05, 4.69) is 15.6 Å². The molecule has 4 rings (SSSR count). The summed E-state index contributed by atoms with van der Waals surface area (Å²) in [5.41, 5.74) is 0.729. The van der Waals surface area contributed by atoms with Crippen LogP contribution in [0.5, 0.6) is 0 Å². The minimum Gasteiger partial charge on any atom is -0.349 e. The van der Waals surface area contributed by atoms with Gasteiger partial charge in [0.05, 0.1) is 12.2 Å². The van der Waals surface area contributed by atoms with Gasteiger partial charge in [0.2, 0.25) is 5.91 Å². The van der Waals surface area contributed by atoms with E-state index >= 15 is 0 Å². The van der Waals surface area contributed by atoms with Gasteiger partial charge in [0, 0.05) is 12.4 Å². The molecule has 1 aliphatic carbocycles. The predicted molar refractivity (Wildman–Crippen MR) is 88.5 cm³/mol. The predicted octanol–water partition coefficient (Wildman–Crippen LogP) is 0.815. The maximum Gasteiger partial charge on any atom is 0.325 e. The number of pyridine rings is 1. The number of rotatable bonds is 4. The van der Waals surface area contributed by atoms with Crippen LogP contribution in [0.25, 0.3) is 5.65 Å². The molecule has 130 valence electrons. The Kier molecular flexibility index (Phi) is 3.67. The molecule has 2 aromatic heterocycles. The van der Waals surface area contributed by atoms with Gasteiger partial charge in [-0.2, -0.15) is 0 Å². The van der Waals surface area contributed by atoms with Crippen molar-refractivity contribution in [2.45, 2.75) is 37.8 Å². The standard InChI is InChI=1S/C17H19N5O3/c23-14(18-9-12-10-21-8-4-1-5-13(21)19-12)11-22-15(24)17(20-16(22)25)6-2-3-7-17/h1,4-5,8,10H,2-3,6-7,9,11H2,(H,18,23)(H,20,25). The Morgan fingerprint density at radius 2 is 2.08 bits per heavy atom. The molecule has 25 heavy (non-hydrogen) atoms. The first kappa shape index (κ1) is 15.6. The molecule has 0 atom stereocenters. The van der Waals surface area contributed by atoms with Gasteiger partial charge < -0.3 is 15.0 Å². The molecule has 1 saturated heterocycles. The second-order valence-electron chi connectivity index (χ2n) is 6.59. The maximum absolute atomic E-state index is 12.5. The fourth-order valence-corrected chi connectivity index (χ4v) is 3.60. The van der Waals surface area contributed by atoms with E-state index in [-0.39, 0.29) is 24.9 Å². The monoisotopic (exact) mass is 341 g/mol. The van der Waals surface area contributed by atoms with E-state index in [9.17, 15) is 14.4 Å². The summed E-state index contributed by atoms with van der Waals surface area (Å²) in [4.78, 5) is 42.2. The number of imidazole rings is 1. The molecule has 8 heteroatoms. The second-order valence-corrected chi connectivity index (χ2v) is 6.59. The molecule has 0 radical (unpaired) electrons. The van der Waals surface area contributed by atoms with Crippen LogP contribution in [0.3, 0.4) is 0 Å². The first-order valence-corrected chi connectivity index (χ1v) is 8.41. The number of nitrogens with one attached hydrogen (secondary N) is 2. The van der Waals surface area contributed by atoms with Gasteiger partial charge in [0.1, 0.15) is 17.7 Å². The minimum absolute atomic E-state index is 0.245. The van der Waals surface area contributed by atoms with E-state index < -0.39 is 11.6 Å². The first-order valence-electron chi connectivity index (χ1n) is 8.41. The Bertz CT molecular complexity index is 820. The summed E-state index contributed by atoms with van der Waals surface area (Å²) in [5.74, 6) is -0.659. The molecule has 0 aromatic carbocycles. The Morgan fingerprint density at radius 1 is 1.28 bits per heavy atom. The van der Waals surface area contributed by atoms with Crippen molar-refractivity contribution in [1.29, 1.82) is 0 Å². The van der Waals surface area contributed by atoms with Gasteiger partial charge in [0.25, 0.3) is 5.91 Å². The van der Waals surface area contributed by atoms with Gasteiger partial charge in [-0.05, 0) is 25.0 Å². The fraction of sp³-hybridized carbons (Fsp3) is 0.412. The van der Waals surface area contributed by atoms with Gasteiger partial charge in [0.15, 0.2) is 0 Å². The van der Waals surface area contributed by atoms with Gasteiger partial charge in [-0.15, -0.1) is 0 Å². The van der Waals surface area contributed by atoms with E-state index in [1.807, 2.05) is 35.0 Å². The fourth-order valence-electron chi connectivity index (χ4n) is 3.60. The molecule has 0 unspecified atom stereocenters. The summed E-state index contributed by atoms with van der Waals surface area (Å²) in [5, 5.41) is 5.49. The Labute approximate surface area is 144 Å². The third kappa shape index (κ3) is 2.73. The molecule has 2 aliphatic rings. The molecule has 4 amide bonds. The van der Waals surface area contributed by atoms with Gasteiger partial charge >= 0.3 is 6.03 Å². The summed E-state index contributed by atoms with van der Waals surface area (Å²) < 4.78 is 1.86. The van der Waals surface area contributed by atoms with E-state index in [0.29, 0.717) is 18.5 Å². The van der Waals surface area contributed by atoms with Crippen LogP contribution in [0.4, 0.5) is 4.79 Å². The SMILES string of the molecule is O=C(CN1C(=O)NC2(CCCC2)C1=O)NCc1cn2ccccc2n1. The van der Waals surface area contributed by atoms with Crippen molar-refractivity contribution in [3.63, 3.8) is 0 Å². The Balaban J connectivity index is 1.37. The highest BCUT2D eigenvalue weighted by atomic mass is 16.2. The summed E-state index contributed by atoms with van der Waals surface area (Å²) in [6.07, 6.45) is 6.84. The van der Waals surface area contributed by atoms with Gasteiger partial charge in [-0.25, -0.2) is 9.78 Å². The summed E-state index contributed by atoms with van der Waals surface area (Å²) >= 11 is 0. The molecular weight excluding hydrogens is 322 g/mol. The Hall–Kier alpha value is -2.90. The number of nitrogens with zero attached hydrogens (tertiary/aromatic N) is 3. The number of urea groups is 1. The lowest BCUT2D eigenvalue weighted by Crippen LogP contribution is -2.45. The van der Waals surface area contributed by atoms with Crippen LogP contribution in [0.15, 0.2) is 30.6 Å². The number of hydrogen-bond acceptors (Lipinski definition) is 4. The molecule has 2 aromatic rings. The van der Waals surface area contributed by atoms with Crippen molar-refractivity contribution in [3.8, 4) is 0 Å². The second kappa shape index (κ2) is 5.87. The summed E-state index contributed by atoms with van der Waals surface area (Å²) in [6, 6.07) is 5.18. The van der Waals surface area contributed by atoms with Crippen LogP contribution in [-0.4, -0.2) is 44.2 Å². The van der Waals surface area contributed by atoms with Crippen LogP contribution in [0, 0.1) is 0 Å². The topological polar surface area (TPSA) is 95.8 Å². The zero-order chi connectivity index (χ0) is 17.4. The lowest BCUT2D eigenvalue weighted by Gasteiger charge is -2.19. The largest absolute Gasteiger partial charge is 0.349 e. The van der Waals surface area contributed by atoms with Crippen molar-refractivity contribution in [2.75, 3.05) is 6.54 Å². The number of fused-ring (bicyclic) bond motifs is 1. The normalized spacial score (nSPS) is 19.0. The summed E-state index contributed by atoms with van der Waals surface area (Å²) in [7, 11) is 0. The van der Waals surface area contributed by atoms with Crippen molar-refractivity contribution < 1.29 is 14.4 Å². The quantitative estimate of drug-likeness (QED) is 0.805. The van der Waals surface area contributed by atoms with Crippen molar-refractivity contribution in [2.24, 2.45) is 0 Å². The van der Waals surface area contributed by atoms with Crippen LogP contribution in [0.1, 0.15) is 31.4 Å². The van der Waals surface area contributed by atoms with E-state index in [0.717, 1.165) is 23.4 Å². The smallest absolute Gasteiger partial charge is 0.325 e. The van der Waals surface area contributed by atoms with E-state index in [1.165, 1.54) is 0 Å². The molecule has 3 heterocycles. The molecule has 1 aliphatic heterocycles. The van der Waals surface area contributed by atoms with E-state index in [4.69, 9.17) is 0 Å². The highest BCUT2D eigenvalue weighted by molar-refractivity contribution is 6.09. The zero-order valence-electron chi connectivity index (χ0n) is 13.7. The number of amides is 4. The molecule has 1 spiro atoms. The van der Waals surface area contributed by atoms with Crippen LogP contribution in [0.2, 0.25) is 0 Å². The van der Waals surface area contributed by atoms with E-state index in [1.54, 1.807) is 0 Å². The summed E-state index contributed by atoms with van der Waals surface area (Å²) in [6.45, 7) is -0.0188. The minimum atomic E-state index is -0.779. The lowest BCUT2D eigenvalue weighted by molar-refractivity contribution is -0.134. The zero-order valence-corrected chi connectivity index (χ0v) is 13.7. The van der Waals surface area contributed by atoms with Gasteiger partial charge in [-0.3, -0.25) is 14.5 Å². The van der Waals surface area contributed by atoms with Crippen LogP contribution >= 0.6 is 0 Å². The van der Waals surface area contributed by atoms with Crippen molar-refractivity contribution in [1.82, 2.24) is 24.9 Å². The lowest BCUT2D eigenvalue weighted by atomic mass is 9.98. The number of carbonyl (C=O) groups excluding carboxylic acids is 3. The van der Waals surface area contributed by atoms with Gasteiger partial charge in [-0.1, -0.05) is 18.9 Å². The third-order valence-electron chi connectivity index (χ3n) is 4.89. The molecular formula is C17H19N5O3. The molecule has 0 bridgehead atoms. The Morgan fingerprint density at radius 3 is 2.84 bits per heavy atom. The molecule has 2 fully saturated rings. The maximum atomic E-state index is 12.5. The number of imide groups is 1. The highest BCUT2D eigenvalue weighted by Crippen LogP contribution is 2.34. The van der Waals surface area contributed by atoms with Crippen molar-refractivity contribution in [3.05, 3.63) is 36.3 Å². The van der Waals surface area contributed by atoms with Crippen molar-refractivity contribution >= 4 is 23.5 Å². The third-order valence-corrected chi connectivity index (χ3v) is 4.89. The molecule has 8 nitrogen and oxygen atoms in total. The average Bonchev–Trinajstić information content (AvgIpc) is 3.28.